The van der Waals surface area contributed by atoms with Crippen molar-refractivity contribution in [1.82, 2.24) is 10.3 Å². The second kappa shape index (κ2) is 4.89. The molecule has 14 heavy (non-hydrogen) atoms. The first-order chi connectivity index (χ1) is 6.50. The van der Waals surface area contributed by atoms with Gasteiger partial charge in [0.25, 0.3) is 5.91 Å². The molecule has 1 aromatic rings. The molecule has 3 nitrogen and oxygen atoms in total. The van der Waals surface area contributed by atoms with Crippen molar-refractivity contribution in [2.24, 2.45) is 0 Å². The van der Waals surface area contributed by atoms with Crippen molar-refractivity contribution in [3.05, 3.63) is 15.6 Å². The Balaban J connectivity index is 2.65. The normalized spacial score (nSPS) is 12.6. The fourth-order valence-corrected chi connectivity index (χ4v) is 2.05. The van der Waals surface area contributed by atoms with E-state index in [4.69, 9.17) is 0 Å². The number of nitrogens with one attached hydrogen (secondary N) is 1. The second-order valence-electron chi connectivity index (χ2n) is 3.14. The molecule has 1 atom stereocenters. The highest BCUT2D eigenvalue weighted by atomic mass is 79.9. The Labute approximate surface area is 96.1 Å². The van der Waals surface area contributed by atoms with Crippen LogP contribution in [-0.2, 0) is 0 Å². The van der Waals surface area contributed by atoms with E-state index >= 15 is 0 Å². The number of amides is 1. The van der Waals surface area contributed by atoms with Crippen molar-refractivity contribution in [1.29, 1.82) is 0 Å². The molecule has 0 radical (unpaired) electrons. The summed E-state index contributed by atoms with van der Waals surface area (Å²) in [5.74, 6) is -0.0283. The topological polar surface area (TPSA) is 42.0 Å². The minimum absolute atomic E-state index is 0.0283. The number of carbonyl (C=O) groups is 1. The summed E-state index contributed by atoms with van der Waals surface area (Å²) in [4.78, 5) is 16.8. The van der Waals surface area contributed by atoms with Gasteiger partial charge in [0.05, 0.1) is 10.7 Å². The van der Waals surface area contributed by atoms with Crippen molar-refractivity contribution in [3.63, 3.8) is 0 Å². The SMILES string of the molecule is Cc1nc(C)c(C(=O)NCC(C)Br)s1. The average molecular weight is 277 g/mol. The Bertz CT molecular complexity index is 336. The average Bonchev–Trinajstić information content (AvgIpc) is 2.41. The first kappa shape index (κ1) is 11.7. The summed E-state index contributed by atoms with van der Waals surface area (Å²) in [6, 6.07) is 0. The van der Waals surface area contributed by atoms with Crippen molar-refractivity contribution < 1.29 is 4.79 Å². The lowest BCUT2D eigenvalue weighted by Crippen LogP contribution is -2.28. The van der Waals surface area contributed by atoms with Gasteiger partial charge < -0.3 is 5.32 Å². The molecule has 1 unspecified atom stereocenters. The van der Waals surface area contributed by atoms with E-state index in [1.54, 1.807) is 0 Å². The zero-order chi connectivity index (χ0) is 10.7. The molecule has 0 saturated heterocycles. The number of hydrogen-bond acceptors (Lipinski definition) is 3. The van der Waals surface area contributed by atoms with Gasteiger partial charge in [-0.25, -0.2) is 4.98 Å². The molecule has 1 rings (SSSR count). The predicted octanol–water partition coefficient (Wildman–Crippen LogP) is 2.27. The Hall–Kier alpha value is -0.420. The number of rotatable bonds is 3. The summed E-state index contributed by atoms with van der Waals surface area (Å²) in [5.41, 5.74) is 0.812. The molecule has 0 fully saturated rings. The van der Waals surface area contributed by atoms with Crippen molar-refractivity contribution in [3.8, 4) is 0 Å². The standard InChI is InChI=1S/C9H13BrN2OS/c1-5(10)4-11-9(13)8-6(2)12-7(3)14-8/h5H,4H2,1-3H3,(H,11,13). The minimum atomic E-state index is -0.0283. The molecular formula is C9H13BrN2OS. The molecule has 1 aromatic heterocycles. The molecule has 1 amide bonds. The highest BCUT2D eigenvalue weighted by Gasteiger charge is 2.13. The quantitative estimate of drug-likeness (QED) is 0.861. The summed E-state index contributed by atoms with van der Waals surface area (Å²) >= 11 is 4.81. The summed E-state index contributed by atoms with van der Waals surface area (Å²) in [5, 5.41) is 3.77. The van der Waals surface area contributed by atoms with E-state index in [-0.39, 0.29) is 5.91 Å². The van der Waals surface area contributed by atoms with E-state index in [1.165, 1.54) is 11.3 Å². The zero-order valence-corrected chi connectivity index (χ0v) is 10.8. The Morgan fingerprint density at radius 2 is 2.29 bits per heavy atom. The number of alkyl halides is 1. The van der Waals surface area contributed by atoms with Gasteiger partial charge in [-0.1, -0.05) is 22.9 Å². The molecule has 0 aliphatic rings. The fraction of sp³-hybridized carbons (Fsp3) is 0.556. The van der Waals surface area contributed by atoms with Gasteiger partial charge in [0, 0.05) is 11.4 Å². The molecule has 0 spiro atoms. The summed E-state index contributed by atoms with van der Waals surface area (Å²) in [6.45, 7) is 6.39. The maximum atomic E-state index is 11.6. The predicted molar refractivity (Wildman–Crippen MR) is 62.3 cm³/mol. The molecule has 0 aromatic carbocycles. The molecule has 5 heteroatoms. The number of aryl methyl sites for hydroxylation is 2. The molecule has 0 aliphatic carbocycles. The molecular weight excluding hydrogens is 264 g/mol. The van der Waals surface area contributed by atoms with Crippen LogP contribution in [0.15, 0.2) is 0 Å². The van der Waals surface area contributed by atoms with Crippen molar-refractivity contribution >= 4 is 33.2 Å². The van der Waals surface area contributed by atoms with E-state index < -0.39 is 0 Å². The van der Waals surface area contributed by atoms with Crippen LogP contribution in [0.5, 0.6) is 0 Å². The molecule has 0 aliphatic heterocycles. The molecule has 1 N–H and O–H groups in total. The monoisotopic (exact) mass is 276 g/mol. The first-order valence-corrected chi connectivity index (χ1v) is 6.10. The van der Waals surface area contributed by atoms with E-state index in [2.05, 4.69) is 26.2 Å². The smallest absolute Gasteiger partial charge is 0.263 e. The number of carbonyl (C=O) groups excluding carboxylic acids is 1. The molecule has 0 bridgehead atoms. The zero-order valence-electron chi connectivity index (χ0n) is 8.43. The van der Waals surface area contributed by atoms with Crippen LogP contribution < -0.4 is 5.32 Å². The van der Waals surface area contributed by atoms with Gasteiger partial charge in [0.1, 0.15) is 4.88 Å². The highest BCUT2D eigenvalue weighted by Crippen LogP contribution is 2.16. The lowest BCUT2D eigenvalue weighted by Gasteiger charge is -2.04. The molecule has 78 valence electrons. The summed E-state index contributed by atoms with van der Waals surface area (Å²) < 4.78 is 0. The van der Waals surface area contributed by atoms with Gasteiger partial charge in [0.15, 0.2) is 0 Å². The van der Waals surface area contributed by atoms with Gasteiger partial charge in [-0.2, -0.15) is 0 Å². The van der Waals surface area contributed by atoms with Crippen LogP contribution in [0.2, 0.25) is 0 Å². The summed E-state index contributed by atoms with van der Waals surface area (Å²) in [6.07, 6.45) is 0. The van der Waals surface area contributed by atoms with Crippen LogP contribution in [0.1, 0.15) is 27.3 Å². The summed E-state index contributed by atoms with van der Waals surface area (Å²) in [7, 11) is 0. The third-order valence-corrected chi connectivity index (χ3v) is 3.05. The highest BCUT2D eigenvalue weighted by molar-refractivity contribution is 9.09. The van der Waals surface area contributed by atoms with Crippen LogP contribution in [0.3, 0.4) is 0 Å². The third-order valence-electron chi connectivity index (χ3n) is 1.65. The van der Waals surface area contributed by atoms with Gasteiger partial charge in [-0.05, 0) is 13.8 Å². The lowest BCUT2D eigenvalue weighted by molar-refractivity contribution is 0.0957. The maximum absolute atomic E-state index is 11.6. The van der Waals surface area contributed by atoms with Gasteiger partial charge >= 0.3 is 0 Å². The van der Waals surface area contributed by atoms with E-state index in [0.717, 1.165) is 15.6 Å². The third kappa shape index (κ3) is 3.06. The number of aromatic nitrogens is 1. The van der Waals surface area contributed by atoms with E-state index in [0.29, 0.717) is 11.4 Å². The number of nitrogens with zero attached hydrogens (tertiary/aromatic N) is 1. The van der Waals surface area contributed by atoms with Crippen LogP contribution in [0.25, 0.3) is 0 Å². The van der Waals surface area contributed by atoms with Crippen LogP contribution in [0.4, 0.5) is 0 Å². The van der Waals surface area contributed by atoms with Gasteiger partial charge in [-0.3, -0.25) is 4.79 Å². The van der Waals surface area contributed by atoms with Crippen LogP contribution in [0, 0.1) is 13.8 Å². The number of thiazole rings is 1. The number of halogens is 1. The van der Waals surface area contributed by atoms with Crippen LogP contribution >= 0.6 is 27.3 Å². The first-order valence-electron chi connectivity index (χ1n) is 4.37. The minimum Gasteiger partial charge on any atom is -0.350 e. The number of hydrogen-bond donors (Lipinski definition) is 1. The van der Waals surface area contributed by atoms with Crippen molar-refractivity contribution in [2.45, 2.75) is 25.6 Å². The van der Waals surface area contributed by atoms with Crippen LogP contribution in [-0.4, -0.2) is 22.3 Å². The largest absolute Gasteiger partial charge is 0.350 e. The Morgan fingerprint density at radius 1 is 1.64 bits per heavy atom. The van der Waals surface area contributed by atoms with E-state index in [1.807, 2.05) is 20.8 Å². The fourth-order valence-electron chi connectivity index (χ4n) is 1.06. The molecule has 1 heterocycles. The second-order valence-corrected chi connectivity index (χ2v) is 5.90. The Morgan fingerprint density at radius 3 is 2.71 bits per heavy atom. The molecule has 0 saturated carbocycles. The van der Waals surface area contributed by atoms with Gasteiger partial charge in [0.2, 0.25) is 0 Å². The lowest BCUT2D eigenvalue weighted by atomic mass is 10.3. The maximum Gasteiger partial charge on any atom is 0.263 e. The van der Waals surface area contributed by atoms with Gasteiger partial charge in [-0.15, -0.1) is 11.3 Å². The van der Waals surface area contributed by atoms with E-state index in [9.17, 15) is 4.79 Å². The van der Waals surface area contributed by atoms with Crippen molar-refractivity contribution in [2.75, 3.05) is 6.54 Å². The Kier molecular flexibility index (Phi) is 4.07.